The summed E-state index contributed by atoms with van der Waals surface area (Å²) in [7, 11) is 2.17. The Kier molecular flexibility index (Phi) is 16.1. The van der Waals surface area contributed by atoms with Gasteiger partial charge in [0, 0.05) is 69.7 Å². The molecule has 2 aliphatic heterocycles. The fourth-order valence-corrected chi connectivity index (χ4v) is 7.63. The lowest BCUT2D eigenvalue weighted by atomic mass is 9.80. The molecule has 1 amide bonds. The van der Waals surface area contributed by atoms with E-state index in [9.17, 15) is 9.59 Å². The summed E-state index contributed by atoms with van der Waals surface area (Å²) in [6, 6.07) is 17.1. The summed E-state index contributed by atoms with van der Waals surface area (Å²) >= 11 is 0. The van der Waals surface area contributed by atoms with Crippen molar-refractivity contribution in [1.82, 2.24) is 20.4 Å². The number of rotatable bonds is 20. The molecule has 2 N–H and O–H groups in total. The Morgan fingerprint density at radius 1 is 0.776 bits per heavy atom. The summed E-state index contributed by atoms with van der Waals surface area (Å²) in [6.07, 6.45) is 14.2. The van der Waals surface area contributed by atoms with Crippen LogP contribution in [0.4, 0.5) is 5.69 Å². The van der Waals surface area contributed by atoms with Crippen molar-refractivity contribution in [3.63, 3.8) is 0 Å². The number of nitrogens with zero attached hydrogens (tertiary/aromatic N) is 3. The quantitative estimate of drug-likeness (QED) is 0.113. The number of likely N-dealkylation sites (N-methyl/N-ethyl adjacent to an activating group) is 1. The van der Waals surface area contributed by atoms with Gasteiger partial charge in [-0.1, -0.05) is 95.9 Å². The first-order chi connectivity index (χ1) is 23.8. The van der Waals surface area contributed by atoms with Gasteiger partial charge in [0.25, 0.3) is 0 Å². The minimum absolute atomic E-state index is 0.171. The molecule has 272 valence electrons. The van der Waals surface area contributed by atoms with Crippen LogP contribution in [-0.4, -0.2) is 92.5 Å². The Morgan fingerprint density at radius 3 is 1.96 bits per heavy atom. The third kappa shape index (κ3) is 11.7. The number of carbonyl (C=O) groups excluding carboxylic acids is 2. The standard InChI is InChI=1S/C42H67N5O2/c1-6-8-9-10-11-12-13-14-15-16-34(3)44-42(7-2,40(48)38-21-23-39(24-22-38)46-31-29-45(5)30-32-46)33-36-17-19-37(20-18-36)35(4)41(49)47-27-25-43-26-28-47/h17-24,34-35,43-44H,6-16,25-33H2,1-5H3. The van der Waals surface area contributed by atoms with Crippen LogP contribution in [0.2, 0.25) is 0 Å². The molecular formula is C42H67N5O2. The zero-order valence-corrected chi connectivity index (χ0v) is 31.6. The normalized spacial score (nSPS) is 18.2. The van der Waals surface area contributed by atoms with Crippen molar-refractivity contribution < 1.29 is 9.59 Å². The molecule has 2 aromatic rings. The van der Waals surface area contributed by atoms with E-state index >= 15 is 0 Å². The van der Waals surface area contributed by atoms with E-state index in [0.717, 1.165) is 75.5 Å². The molecule has 0 aromatic heterocycles. The number of hydrogen-bond donors (Lipinski definition) is 2. The van der Waals surface area contributed by atoms with Crippen molar-refractivity contribution in [3.8, 4) is 0 Å². The summed E-state index contributed by atoms with van der Waals surface area (Å²) in [5.41, 5.74) is 3.41. The van der Waals surface area contributed by atoms with Crippen molar-refractivity contribution in [3.05, 3.63) is 65.2 Å². The maximum Gasteiger partial charge on any atom is 0.229 e. The minimum atomic E-state index is -0.711. The van der Waals surface area contributed by atoms with Crippen LogP contribution in [0.5, 0.6) is 0 Å². The molecule has 0 aliphatic carbocycles. The lowest BCUT2D eigenvalue weighted by molar-refractivity contribution is -0.133. The van der Waals surface area contributed by atoms with Crippen molar-refractivity contribution >= 4 is 17.4 Å². The molecular weight excluding hydrogens is 606 g/mol. The number of piperazine rings is 2. The van der Waals surface area contributed by atoms with Gasteiger partial charge in [0.05, 0.1) is 11.5 Å². The molecule has 7 heteroatoms. The number of anilines is 1. The Morgan fingerprint density at radius 2 is 1.37 bits per heavy atom. The Bertz CT molecular complexity index is 1250. The third-order valence-electron chi connectivity index (χ3n) is 11.1. The number of amides is 1. The van der Waals surface area contributed by atoms with Crippen molar-refractivity contribution in [1.29, 1.82) is 0 Å². The van der Waals surface area contributed by atoms with E-state index in [1.165, 1.54) is 63.5 Å². The predicted octanol–water partition coefficient (Wildman–Crippen LogP) is 7.45. The van der Waals surface area contributed by atoms with E-state index in [0.29, 0.717) is 12.8 Å². The fraction of sp³-hybridized carbons (Fsp3) is 0.667. The Hall–Kier alpha value is -2.74. The van der Waals surface area contributed by atoms with Gasteiger partial charge in [0.2, 0.25) is 5.91 Å². The Labute approximate surface area is 298 Å². The Balaban J connectivity index is 1.44. The summed E-state index contributed by atoms with van der Waals surface area (Å²) in [4.78, 5) is 34.6. The van der Waals surface area contributed by atoms with Gasteiger partial charge in [-0.2, -0.15) is 0 Å². The SMILES string of the molecule is CCCCCCCCCCCC(C)NC(CC)(Cc1ccc(C(C)C(=O)N2CCNCC2)cc1)C(=O)c1ccc(N2CCN(C)CC2)cc1. The lowest BCUT2D eigenvalue weighted by Gasteiger charge is -2.36. The van der Waals surface area contributed by atoms with Gasteiger partial charge in [0.15, 0.2) is 5.78 Å². The van der Waals surface area contributed by atoms with Crippen LogP contribution in [0, 0.1) is 0 Å². The van der Waals surface area contributed by atoms with E-state index in [2.05, 4.69) is 84.7 Å². The molecule has 0 bridgehead atoms. The molecule has 0 saturated carbocycles. The van der Waals surface area contributed by atoms with E-state index in [4.69, 9.17) is 0 Å². The maximum absolute atomic E-state index is 14.6. The maximum atomic E-state index is 14.6. The number of benzene rings is 2. The van der Waals surface area contributed by atoms with Crippen LogP contribution in [0.1, 0.15) is 126 Å². The highest BCUT2D eigenvalue weighted by molar-refractivity contribution is 6.03. The van der Waals surface area contributed by atoms with Gasteiger partial charge in [-0.05, 0) is 75.5 Å². The lowest BCUT2D eigenvalue weighted by Crippen LogP contribution is -2.56. The molecule has 2 aliphatic rings. The molecule has 2 saturated heterocycles. The summed E-state index contributed by atoms with van der Waals surface area (Å²) in [6.45, 7) is 16.1. The predicted molar refractivity (Wildman–Crippen MR) is 206 cm³/mol. The molecule has 3 unspecified atom stereocenters. The van der Waals surface area contributed by atoms with Crippen LogP contribution < -0.4 is 15.5 Å². The number of unbranched alkanes of at least 4 members (excludes halogenated alkanes) is 8. The number of nitrogens with one attached hydrogen (secondary N) is 2. The molecule has 0 spiro atoms. The van der Waals surface area contributed by atoms with Gasteiger partial charge >= 0.3 is 0 Å². The number of carbonyl (C=O) groups is 2. The molecule has 7 nitrogen and oxygen atoms in total. The number of Topliss-reactive ketones (excluding diaryl/α,β-unsaturated/α-hetero) is 1. The highest BCUT2D eigenvalue weighted by Gasteiger charge is 2.38. The minimum Gasteiger partial charge on any atom is -0.369 e. The van der Waals surface area contributed by atoms with Crippen LogP contribution in [0.3, 0.4) is 0 Å². The van der Waals surface area contributed by atoms with Gasteiger partial charge in [-0.25, -0.2) is 0 Å². The van der Waals surface area contributed by atoms with Gasteiger partial charge in [-0.15, -0.1) is 0 Å². The first kappa shape index (κ1) is 39.1. The molecule has 4 rings (SSSR count). The third-order valence-corrected chi connectivity index (χ3v) is 11.1. The van der Waals surface area contributed by atoms with Crippen molar-refractivity contribution in [2.45, 2.75) is 122 Å². The van der Waals surface area contributed by atoms with Crippen molar-refractivity contribution in [2.75, 3.05) is 64.3 Å². The van der Waals surface area contributed by atoms with Gasteiger partial charge < -0.3 is 25.3 Å². The average Bonchev–Trinajstić information content (AvgIpc) is 3.14. The second-order valence-electron chi connectivity index (χ2n) is 15.0. The fourth-order valence-electron chi connectivity index (χ4n) is 7.63. The molecule has 0 radical (unpaired) electrons. The second-order valence-corrected chi connectivity index (χ2v) is 15.0. The smallest absolute Gasteiger partial charge is 0.229 e. The van der Waals surface area contributed by atoms with Crippen LogP contribution >= 0.6 is 0 Å². The highest BCUT2D eigenvalue weighted by Crippen LogP contribution is 2.28. The summed E-state index contributed by atoms with van der Waals surface area (Å²) in [5.74, 6) is 0.183. The van der Waals surface area contributed by atoms with E-state index in [1.54, 1.807) is 0 Å². The molecule has 2 fully saturated rings. The first-order valence-corrected chi connectivity index (χ1v) is 19.7. The van der Waals surface area contributed by atoms with Crippen LogP contribution in [0.15, 0.2) is 48.5 Å². The number of hydrogen-bond acceptors (Lipinski definition) is 6. The zero-order valence-electron chi connectivity index (χ0n) is 31.6. The molecule has 3 atom stereocenters. The van der Waals surface area contributed by atoms with E-state index < -0.39 is 5.54 Å². The van der Waals surface area contributed by atoms with E-state index in [1.807, 2.05) is 24.0 Å². The summed E-state index contributed by atoms with van der Waals surface area (Å²) < 4.78 is 0. The van der Waals surface area contributed by atoms with Gasteiger partial charge in [-0.3, -0.25) is 9.59 Å². The van der Waals surface area contributed by atoms with E-state index in [-0.39, 0.29) is 23.7 Å². The molecule has 49 heavy (non-hydrogen) atoms. The van der Waals surface area contributed by atoms with Gasteiger partial charge in [0.1, 0.15) is 0 Å². The average molecular weight is 674 g/mol. The molecule has 2 aromatic carbocycles. The highest BCUT2D eigenvalue weighted by atomic mass is 16.2. The second kappa shape index (κ2) is 20.2. The largest absolute Gasteiger partial charge is 0.369 e. The topological polar surface area (TPSA) is 67.9 Å². The van der Waals surface area contributed by atoms with Crippen LogP contribution in [0.25, 0.3) is 0 Å². The molecule has 2 heterocycles. The number of ketones is 1. The van der Waals surface area contributed by atoms with Crippen LogP contribution in [-0.2, 0) is 11.2 Å². The van der Waals surface area contributed by atoms with Crippen molar-refractivity contribution in [2.24, 2.45) is 0 Å². The summed E-state index contributed by atoms with van der Waals surface area (Å²) in [5, 5.41) is 7.23. The first-order valence-electron chi connectivity index (χ1n) is 19.7. The monoisotopic (exact) mass is 674 g/mol. The zero-order chi connectivity index (χ0) is 35.1.